The van der Waals surface area contributed by atoms with Crippen molar-refractivity contribution in [3.05, 3.63) is 59.9 Å². The summed E-state index contributed by atoms with van der Waals surface area (Å²) in [4.78, 5) is 4.06. The zero-order chi connectivity index (χ0) is 13.2. The lowest BCUT2D eigenvalue weighted by atomic mass is 10.0. The molecule has 1 fully saturated rings. The number of aromatic nitrogens is 1. The number of rotatable bonds is 4. The minimum Gasteiger partial charge on any atom is -0.497 e. The van der Waals surface area contributed by atoms with Gasteiger partial charge in [0, 0.05) is 12.4 Å². The van der Waals surface area contributed by atoms with Gasteiger partial charge in [-0.2, -0.15) is 0 Å². The van der Waals surface area contributed by atoms with Gasteiger partial charge < -0.3 is 9.84 Å². The van der Waals surface area contributed by atoms with Crippen molar-refractivity contribution < 1.29 is 9.84 Å². The maximum atomic E-state index is 10.3. The lowest BCUT2D eigenvalue weighted by molar-refractivity contribution is 0.151. The van der Waals surface area contributed by atoms with E-state index in [1.165, 1.54) is 5.56 Å². The first-order chi connectivity index (χ1) is 9.29. The highest BCUT2D eigenvalue weighted by Crippen LogP contribution is 2.54. The number of pyridine rings is 1. The first-order valence-corrected chi connectivity index (χ1v) is 6.51. The molecule has 0 saturated heterocycles. The predicted octanol–water partition coefficient (Wildman–Crippen LogP) is 3.35. The molecule has 4 heteroatoms. The Kier molecular flexibility index (Phi) is 4.63. The number of ether oxygens (including phenoxy) is 1. The second-order valence-electron chi connectivity index (χ2n) is 5.01. The summed E-state index contributed by atoms with van der Waals surface area (Å²) in [7, 11) is 1.67. The Bertz CT molecular complexity index is 544. The lowest BCUT2D eigenvalue weighted by Crippen LogP contribution is -2.01. The van der Waals surface area contributed by atoms with Crippen LogP contribution in [0.25, 0.3) is 0 Å². The molecule has 0 amide bonds. The zero-order valence-electron chi connectivity index (χ0n) is 11.3. The monoisotopic (exact) mass is 291 g/mol. The van der Waals surface area contributed by atoms with Gasteiger partial charge in [0.1, 0.15) is 5.75 Å². The van der Waals surface area contributed by atoms with Crippen LogP contribution >= 0.6 is 12.4 Å². The Morgan fingerprint density at radius 2 is 2.00 bits per heavy atom. The van der Waals surface area contributed by atoms with Crippen LogP contribution in [0.3, 0.4) is 0 Å². The number of halogens is 1. The fourth-order valence-electron chi connectivity index (χ4n) is 2.60. The largest absolute Gasteiger partial charge is 0.497 e. The van der Waals surface area contributed by atoms with E-state index >= 15 is 0 Å². The standard InChI is InChI=1S/C16H17NO2.ClH/c1-19-13-6-4-11(5-7-13)14-9-15(14)16(18)12-3-2-8-17-10-12;/h2-8,10,14-16,18H,9H2,1H3;1H/t14-,15+,16-;/m1./s1. The fraction of sp³-hybridized carbons (Fsp3) is 0.312. The van der Waals surface area contributed by atoms with E-state index in [1.807, 2.05) is 24.3 Å². The molecule has 2 aromatic rings. The SMILES string of the molecule is COc1ccc([C@H]2C[C@@H]2[C@H](O)c2cccnc2)cc1.Cl. The van der Waals surface area contributed by atoms with Crippen molar-refractivity contribution in [2.75, 3.05) is 7.11 Å². The molecule has 3 nitrogen and oxygen atoms in total. The molecule has 106 valence electrons. The Morgan fingerprint density at radius 3 is 2.60 bits per heavy atom. The van der Waals surface area contributed by atoms with Crippen molar-refractivity contribution in [1.82, 2.24) is 4.98 Å². The van der Waals surface area contributed by atoms with E-state index in [1.54, 1.807) is 19.5 Å². The van der Waals surface area contributed by atoms with Crippen molar-refractivity contribution in [1.29, 1.82) is 0 Å². The minimum absolute atomic E-state index is 0. The summed E-state index contributed by atoms with van der Waals surface area (Å²) in [6, 6.07) is 11.9. The highest BCUT2D eigenvalue weighted by molar-refractivity contribution is 5.85. The van der Waals surface area contributed by atoms with Gasteiger partial charge in [-0.1, -0.05) is 18.2 Å². The lowest BCUT2D eigenvalue weighted by Gasteiger charge is -2.10. The molecule has 1 heterocycles. The second kappa shape index (κ2) is 6.25. The van der Waals surface area contributed by atoms with Crippen molar-refractivity contribution in [3.63, 3.8) is 0 Å². The third-order valence-corrected chi connectivity index (χ3v) is 3.82. The summed E-state index contributed by atoms with van der Waals surface area (Å²) in [6.45, 7) is 0. The van der Waals surface area contributed by atoms with Gasteiger partial charge in [0.15, 0.2) is 0 Å². The van der Waals surface area contributed by atoms with Crippen LogP contribution in [0.4, 0.5) is 0 Å². The van der Waals surface area contributed by atoms with E-state index < -0.39 is 6.10 Å². The predicted molar refractivity (Wildman–Crippen MR) is 80.3 cm³/mol. The zero-order valence-corrected chi connectivity index (χ0v) is 12.1. The Morgan fingerprint density at radius 1 is 1.25 bits per heavy atom. The molecule has 20 heavy (non-hydrogen) atoms. The van der Waals surface area contributed by atoms with Crippen molar-refractivity contribution in [2.45, 2.75) is 18.4 Å². The van der Waals surface area contributed by atoms with Gasteiger partial charge in [-0.05, 0) is 47.6 Å². The van der Waals surface area contributed by atoms with Gasteiger partial charge in [-0.25, -0.2) is 0 Å². The minimum atomic E-state index is -0.416. The van der Waals surface area contributed by atoms with Crippen LogP contribution in [-0.2, 0) is 0 Å². The van der Waals surface area contributed by atoms with Gasteiger partial charge in [0.2, 0.25) is 0 Å². The molecule has 0 aliphatic heterocycles. The summed E-state index contributed by atoms with van der Waals surface area (Å²) < 4.78 is 5.16. The topological polar surface area (TPSA) is 42.4 Å². The first kappa shape index (κ1) is 14.8. The van der Waals surface area contributed by atoms with E-state index in [0.717, 1.165) is 17.7 Å². The third-order valence-electron chi connectivity index (χ3n) is 3.82. The molecule has 1 aromatic carbocycles. The van der Waals surface area contributed by atoms with E-state index in [2.05, 4.69) is 17.1 Å². The van der Waals surface area contributed by atoms with Crippen LogP contribution in [0.15, 0.2) is 48.8 Å². The van der Waals surface area contributed by atoms with Gasteiger partial charge in [-0.3, -0.25) is 4.98 Å². The highest BCUT2D eigenvalue weighted by atomic mass is 35.5. The molecule has 1 aromatic heterocycles. The number of aliphatic hydroxyl groups excluding tert-OH is 1. The van der Waals surface area contributed by atoms with Gasteiger partial charge in [0.25, 0.3) is 0 Å². The van der Waals surface area contributed by atoms with E-state index in [4.69, 9.17) is 4.74 Å². The van der Waals surface area contributed by atoms with Crippen molar-refractivity contribution in [3.8, 4) is 5.75 Å². The molecule has 0 radical (unpaired) electrons. The summed E-state index contributed by atoms with van der Waals surface area (Å²) in [5, 5.41) is 10.3. The number of methoxy groups -OCH3 is 1. The maximum Gasteiger partial charge on any atom is 0.118 e. The molecule has 0 bridgehead atoms. The van der Waals surface area contributed by atoms with Gasteiger partial charge >= 0.3 is 0 Å². The van der Waals surface area contributed by atoms with Crippen LogP contribution in [0, 0.1) is 5.92 Å². The summed E-state index contributed by atoms with van der Waals surface area (Å²) >= 11 is 0. The molecule has 3 atom stereocenters. The Hall–Kier alpha value is -1.58. The number of hydrogen-bond donors (Lipinski definition) is 1. The summed E-state index contributed by atoms with van der Waals surface area (Å²) in [5.41, 5.74) is 2.18. The van der Waals surface area contributed by atoms with Crippen LogP contribution in [0.5, 0.6) is 5.75 Å². The van der Waals surface area contributed by atoms with E-state index in [9.17, 15) is 5.11 Å². The molecular weight excluding hydrogens is 274 g/mol. The number of aliphatic hydroxyl groups is 1. The second-order valence-corrected chi connectivity index (χ2v) is 5.01. The molecule has 3 rings (SSSR count). The Labute approximate surface area is 125 Å². The average molecular weight is 292 g/mol. The average Bonchev–Trinajstić information content (AvgIpc) is 3.28. The van der Waals surface area contributed by atoms with E-state index in [0.29, 0.717) is 11.8 Å². The third kappa shape index (κ3) is 2.94. The quantitative estimate of drug-likeness (QED) is 0.939. The normalized spacial score (nSPS) is 21.7. The summed E-state index contributed by atoms with van der Waals surface area (Å²) in [6.07, 6.45) is 4.08. The highest BCUT2D eigenvalue weighted by Gasteiger charge is 2.43. The van der Waals surface area contributed by atoms with Crippen molar-refractivity contribution >= 4 is 12.4 Å². The molecule has 1 saturated carbocycles. The molecule has 0 unspecified atom stereocenters. The van der Waals surface area contributed by atoms with Crippen LogP contribution < -0.4 is 4.74 Å². The molecule has 1 aliphatic carbocycles. The number of nitrogens with zero attached hydrogens (tertiary/aromatic N) is 1. The molecule has 1 N–H and O–H groups in total. The van der Waals surface area contributed by atoms with Crippen molar-refractivity contribution in [2.24, 2.45) is 5.92 Å². The summed E-state index contributed by atoms with van der Waals surface area (Å²) in [5.74, 6) is 1.62. The number of benzene rings is 1. The maximum absolute atomic E-state index is 10.3. The smallest absolute Gasteiger partial charge is 0.118 e. The van der Waals surface area contributed by atoms with Crippen LogP contribution in [0.1, 0.15) is 29.6 Å². The number of hydrogen-bond acceptors (Lipinski definition) is 3. The Balaban J connectivity index is 0.00000147. The van der Waals surface area contributed by atoms with Crippen LogP contribution in [0.2, 0.25) is 0 Å². The molecular formula is C16H18ClNO2. The van der Waals surface area contributed by atoms with Gasteiger partial charge in [-0.15, -0.1) is 12.4 Å². The fourth-order valence-corrected chi connectivity index (χ4v) is 2.60. The van der Waals surface area contributed by atoms with Crippen LogP contribution in [-0.4, -0.2) is 17.2 Å². The molecule has 0 spiro atoms. The first-order valence-electron chi connectivity index (χ1n) is 6.51. The van der Waals surface area contributed by atoms with E-state index in [-0.39, 0.29) is 12.4 Å². The van der Waals surface area contributed by atoms with Gasteiger partial charge in [0.05, 0.1) is 13.2 Å². The molecule has 1 aliphatic rings.